The van der Waals surface area contributed by atoms with Gasteiger partial charge in [-0.1, -0.05) is 17.8 Å². The Balaban J connectivity index is 1.67. The monoisotopic (exact) mass is 342 g/mol. The lowest BCUT2D eigenvalue weighted by Crippen LogP contribution is -2.44. The fourth-order valence-electron chi connectivity index (χ4n) is 3.13. The van der Waals surface area contributed by atoms with Gasteiger partial charge in [0, 0.05) is 36.9 Å². The zero-order valence-electron chi connectivity index (χ0n) is 13.9. The number of rotatable bonds is 5. The number of thioether (sulfide) groups is 1. The lowest BCUT2D eigenvalue weighted by Gasteiger charge is -2.35. The lowest BCUT2D eigenvalue weighted by atomic mass is 9.96. The zero-order chi connectivity index (χ0) is 16.8. The van der Waals surface area contributed by atoms with E-state index in [4.69, 9.17) is 0 Å². The first-order valence-electron chi connectivity index (χ1n) is 8.35. The molecule has 0 saturated carbocycles. The minimum Gasteiger partial charge on any atom is -0.336 e. The van der Waals surface area contributed by atoms with Crippen LogP contribution in [0.4, 0.5) is 0 Å². The maximum atomic E-state index is 12.8. The van der Waals surface area contributed by atoms with E-state index in [2.05, 4.69) is 15.0 Å². The van der Waals surface area contributed by atoms with E-state index in [-0.39, 0.29) is 11.9 Å². The average Bonchev–Trinajstić information content (AvgIpc) is 2.67. The molecule has 2 aromatic rings. The number of carbonyl (C=O) groups is 1. The SMILES string of the molecule is CSc1ncc(C(=O)N2CCCC[C@@H]2CCc2ccccn2)cn1. The smallest absolute Gasteiger partial charge is 0.257 e. The Labute approximate surface area is 146 Å². The van der Waals surface area contributed by atoms with E-state index in [1.165, 1.54) is 18.2 Å². The van der Waals surface area contributed by atoms with Crippen LogP contribution in [0.3, 0.4) is 0 Å². The normalized spacial score (nSPS) is 17.7. The van der Waals surface area contributed by atoms with Crippen molar-refractivity contribution in [2.24, 2.45) is 0 Å². The molecule has 1 saturated heterocycles. The number of hydrogen-bond acceptors (Lipinski definition) is 5. The van der Waals surface area contributed by atoms with E-state index in [0.29, 0.717) is 10.7 Å². The second-order valence-corrected chi connectivity index (χ2v) is 6.74. The van der Waals surface area contributed by atoms with Crippen molar-refractivity contribution in [1.82, 2.24) is 19.9 Å². The summed E-state index contributed by atoms with van der Waals surface area (Å²) in [6.07, 6.45) is 12.2. The first-order chi connectivity index (χ1) is 11.8. The van der Waals surface area contributed by atoms with Gasteiger partial charge < -0.3 is 4.90 Å². The third-order valence-corrected chi connectivity index (χ3v) is 4.98. The summed E-state index contributed by atoms with van der Waals surface area (Å²) in [5, 5.41) is 0.692. The first-order valence-corrected chi connectivity index (χ1v) is 9.57. The van der Waals surface area contributed by atoms with Crippen LogP contribution in [0.5, 0.6) is 0 Å². The van der Waals surface area contributed by atoms with Crippen LogP contribution in [0.25, 0.3) is 0 Å². The molecule has 1 fully saturated rings. The molecule has 1 aliphatic rings. The molecule has 0 radical (unpaired) electrons. The number of piperidine rings is 1. The molecule has 2 aromatic heterocycles. The second kappa shape index (κ2) is 8.24. The van der Waals surface area contributed by atoms with E-state index in [1.54, 1.807) is 12.4 Å². The summed E-state index contributed by atoms with van der Waals surface area (Å²) in [5.41, 5.74) is 1.67. The molecule has 5 nitrogen and oxygen atoms in total. The molecule has 126 valence electrons. The Morgan fingerprint density at radius 3 is 2.79 bits per heavy atom. The fraction of sp³-hybridized carbons (Fsp3) is 0.444. The van der Waals surface area contributed by atoms with Crippen molar-refractivity contribution in [1.29, 1.82) is 0 Å². The standard InChI is InChI=1S/C18H22N4OS/c1-24-18-20-12-14(13-21-18)17(23)22-11-5-3-7-16(22)9-8-15-6-2-4-10-19-15/h2,4,6,10,12-13,16H,3,5,7-9,11H2,1H3/t16-/m1/s1. The van der Waals surface area contributed by atoms with Crippen molar-refractivity contribution in [2.75, 3.05) is 12.8 Å². The summed E-state index contributed by atoms with van der Waals surface area (Å²) in [6.45, 7) is 0.815. The van der Waals surface area contributed by atoms with Crippen molar-refractivity contribution in [3.63, 3.8) is 0 Å². The number of nitrogens with zero attached hydrogens (tertiary/aromatic N) is 4. The maximum Gasteiger partial charge on any atom is 0.257 e. The number of aromatic nitrogens is 3. The summed E-state index contributed by atoms with van der Waals surface area (Å²) in [5.74, 6) is 0.0494. The maximum absolute atomic E-state index is 12.8. The predicted molar refractivity (Wildman–Crippen MR) is 95.0 cm³/mol. The largest absolute Gasteiger partial charge is 0.336 e. The molecule has 0 aromatic carbocycles. The van der Waals surface area contributed by atoms with Crippen LogP contribution in [-0.4, -0.2) is 44.6 Å². The van der Waals surface area contributed by atoms with Crippen LogP contribution >= 0.6 is 11.8 Å². The van der Waals surface area contributed by atoms with Gasteiger partial charge in [0.25, 0.3) is 5.91 Å². The second-order valence-electron chi connectivity index (χ2n) is 5.97. The molecular formula is C18H22N4OS. The van der Waals surface area contributed by atoms with Gasteiger partial charge in [-0.3, -0.25) is 9.78 Å². The Bertz CT molecular complexity index is 662. The quantitative estimate of drug-likeness (QED) is 0.617. The molecule has 6 heteroatoms. The van der Waals surface area contributed by atoms with Crippen LogP contribution in [-0.2, 0) is 6.42 Å². The number of pyridine rings is 1. The van der Waals surface area contributed by atoms with E-state index in [1.807, 2.05) is 35.6 Å². The topological polar surface area (TPSA) is 59.0 Å². The number of hydrogen-bond donors (Lipinski definition) is 0. The van der Waals surface area contributed by atoms with Crippen molar-refractivity contribution in [3.05, 3.63) is 48.0 Å². The van der Waals surface area contributed by atoms with Gasteiger partial charge >= 0.3 is 0 Å². The van der Waals surface area contributed by atoms with Crippen molar-refractivity contribution < 1.29 is 4.79 Å². The van der Waals surface area contributed by atoms with E-state index in [9.17, 15) is 4.79 Å². The summed E-state index contributed by atoms with van der Waals surface area (Å²) in [6, 6.07) is 6.26. The molecule has 24 heavy (non-hydrogen) atoms. The highest BCUT2D eigenvalue weighted by Gasteiger charge is 2.27. The summed E-state index contributed by atoms with van der Waals surface area (Å²) in [7, 11) is 0. The highest BCUT2D eigenvalue weighted by Crippen LogP contribution is 2.23. The zero-order valence-corrected chi connectivity index (χ0v) is 14.7. The van der Waals surface area contributed by atoms with Gasteiger partial charge in [-0.15, -0.1) is 0 Å². The lowest BCUT2D eigenvalue weighted by molar-refractivity contribution is 0.0600. The fourth-order valence-corrected chi connectivity index (χ4v) is 3.44. The number of likely N-dealkylation sites (tertiary alicyclic amines) is 1. The summed E-state index contributed by atoms with van der Waals surface area (Å²) >= 11 is 1.48. The molecule has 0 aliphatic carbocycles. The first kappa shape index (κ1) is 16.9. The van der Waals surface area contributed by atoms with Crippen molar-refractivity contribution >= 4 is 17.7 Å². The molecular weight excluding hydrogens is 320 g/mol. The van der Waals surface area contributed by atoms with E-state index < -0.39 is 0 Å². The van der Waals surface area contributed by atoms with Gasteiger partial charge in [-0.2, -0.15) is 0 Å². The number of carbonyl (C=O) groups excluding carboxylic acids is 1. The predicted octanol–water partition coefficient (Wildman–Crippen LogP) is 3.22. The summed E-state index contributed by atoms with van der Waals surface area (Å²) < 4.78 is 0. The highest BCUT2D eigenvalue weighted by molar-refractivity contribution is 7.98. The molecule has 0 N–H and O–H groups in total. The molecule has 3 heterocycles. The Morgan fingerprint density at radius 1 is 1.25 bits per heavy atom. The van der Waals surface area contributed by atoms with Crippen molar-refractivity contribution in [3.8, 4) is 0 Å². The molecule has 0 spiro atoms. The number of amides is 1. The van der Waals surface area contributed by atoms with Gasteiger partial charge in [0.05, 0.1) is 5.56 Å². The molecule has 3 rings (SSSR count). The van der Waals surface area contributed by atoms with E-state index in [0.717, 1.165) is 37.9 Å². The summed E-state index contributed by atoms with van der Waals surface area (Å²) in [4.78, 5) is 27.7. The van der Waals surface area contributed by atoms with Crippen LogP contribution in [0.15, 0.2) is 41.9 Å². The van der Waals surface area contributed by atoms with Crippen LogP contribution in [0.2, 0.25) is 0 Å². The number of aryl methyl sites for hydroxylation is 1. The minimum absolute atomic E-state index is 0.0494. The molecule has 0 unspecified atom stereocenters. The Hall–Kier alpha value is -1.95. The van der Waals surface area contributed by atoms with E-state index >= 15 is 0 Å². The van der Waals surface area contributed by atoms with Crippen LogP contribution in [0, 0.1) is 0 Å². The molecule has 1 aliphatic heterocycles. The van der Waals surface area contributed by atoms with Crippen LogP contribution < -0.4 is 0 Å². The average molecular weight is 342 g/mol. The van der Waals surface area contributed by atoms with Crippen molar-refractivity contribution in [2.45, 2.75) is 43.3 Å². The minimum atomic E-state index is 0.0494. The van der Waals surface area contributed by atoms with Gasteiger partial charge in [0.1, 0.15) is 0 Å². The van der Waals surface area contributed by atoms with Gasteiger partial charge in [-0.25, -0.2) is 9.97 Å². The highest BCUT2D eigenvalue weighted by atomic mass is 32.2. The van der Waals surface area contributed by atoms with Gasteiger partial charge in [0.2, 0.25) is 0 Å². The molecule has 0 bridgehead atoms. The Kier molecular flexibility index (Phi) is 5.80. The molecule has 1 atom stereocenters. The Morgan fingerprint density at radius 2 is 2.08 bits per heavy atom. The van der Waals surface area contributed by atoms with Gasteiger partial charge in [-0.05, 0) is 50.5 Å². The third kappa shape index (κ3) is 4.12. The van der Waals surface area contributed by atoms with Crippen LogP contribution in [0.1, 0.15) is 41.7 Å². The third-order valence-electron chi connectivity index (χ3n) is 4.41. The molecule has 1 amide bonds. The van der Waals surface area contributed by atoms with Gasteiger partial charge in [0.15, 0.2) is 5.16 Å².